The van der Waals surface area contributed by atoms with Gasteiger partial charge in [0.2, 0.25) is 0 Å². The zero-order valence-electron chi connectivity index (χ0n) is 23.7. The van der Waals surface area contributed by atoms with Crippen LogP contribution in [0, 0.1) is 37.7 Å². The van der Waals surface area contributed by atoms with E-state index in [0.717, 1.165) is 28.3 Å². The van der Waals surface area contributed by atoms with E-state index in [2.05, 4.69) is 10.6 Å². The summed E-state index contributed by atoms with van der Waals surface area (Å²) in [6, 6.07) is 18.5. The number of halogens is 3. The van der Waals surface area contributed by atoms with E-state index in [1.54, 1.807) is 27.7 Å². The normalized spacial score (nSPS) is 13.2. The van der Waals surface area contributed by atoms with Gasteiger partial charge in [-0.3, -0.25) is 0 Å². The Morgan fingerprint density at radius 3 is 2.05 bits per heavy atom. The second-order valence-electron chi connectivity index (χ2n) is 10.7. The molecule has 11 heteroatoms. The van der Waals surface area contributed by atoms with Crippen LogP contribution in [0.5, 0.6) is 5.75 Å². The molecule has 2 amide bonds. The van der Waals surface area contributed by atoms with Crippen molar-refractivity contribution in [3.8, 4) is 16.9 Å². The molecule has 0 unspecified atom stereocenters. The fourth-order valence-corrected chi connectivity index (χ4v) is 4.80. The van der Waals surface area contributed by atoms with Gasteiger partial charge in [0.15, 0.2) is 0 Å². The van der Waals surface area contributed by atoms with Crippen LogP contribution in [0.2, 0.25) is 0 Å². The van der Waals surface area contributed by atoms with Gasteiger partial charge in [-0.15, -0.1) is 0 Å². The van der Waals surface area contributed by atoms with E-state index < -0.39 is 41.3 Å². The van der Waals surface area contributed by atoms with E-state index in [1.165, 1.54) is 12.1 Å². The summed E-state index contributed by atoms with van der Waals surface area (Å²) in [5.74, 6) is -0.592. The summed E-state index contributed by atoms with van der Waals surface area (Å²) in [6.07, 6.45) is -6.18. The van der Waals surface area contributed by atoms with Crippen LogP contribution in [0.3, 0.4) is 0 Å². The maximum Gasteiger partial charge on any atom is 0.419 e. The van der Waals surface area contributed by atoms with Gasteiger partial charge in [-0.25, -0.2) is 9.59 Å². The van der Waals surface area contributed by atoms with Gasteiger partial charge >= 0.3 is 18.4 Å². The van der Waals surface area contributed by atoms with Crippen LogP contribution in [-0.4, -0.2) is 37.5 Å². The number of ether oxygens (including phenoxy) is 3. The van der Waals surface area contributed by atoms with Crippen LogP contribution in [0.25, 0.3) is 11.1 Å². The van der Waals surface area contributed by atoms with E-state index in [-0.39, 0.29) is 69.0 Å². The minimum Gasteiger partial charge on any atom is -0.491 e. The predicted molar refractivity (Wildman–Crippen MR) is 148 cm³/mol. The Morgan fingerprint density at radius 2 is 1.48 bits per heavy atom. The first-order chi connectivity index (χ1) is 19.3. The summed E-state index contributed by atoms with van der Waals surface area (Å²) >= 11 is 0. The second kappa shape index (κ2) is 14.0. The number of carbonyl (C=O) groups excluding carboxylic acids is 2. The fourth-order valence-electron chi connectivity index (χ4n) is 4.80. The van der Waals surface area contributed by atoms with Crippen molar-refractivity contribution in [3.05, 3.63) is 89.0 Å². The van der Waals surface area contributed by atoms with Crippen LogP contribution in [0.15, 0.2) is 66.7 Å². The van der Waals surface area contributed by atoms with Gasteiger partial charge in [0.25, 0.3) is 0 Å². The number of benzene rings is 3. The number of nitrogens with one attached hydrogen (secondary N) is 2. The number of alkyl halides is 3. The number of fused-ring (bicyclic) bond motifs is 3. The van der Waals surface area contributed by atoms with E-state index in [9.17, 15) is 22.8 Å². The number of hydrogen-bond donors (Lipinski definition) is 2. The molecule has 4 rings (SSSR count). The van der Waals surface area contributed by atoms with Crippen LogP contribution in [0.4, 0.5) is 22.8 Å². The number of alkyl carbamates (subject to hydrolysis) is 2. The molecule has 7 nitrogen and oxygen atoms in total. The smallest absolute Gasteiger partial charge is 0.419 e. The third kappa shape index (κ3) is 8.33. The van der Waals surface area contributed by atoms with Crippen molar-refractivity contribution >= 4 is 12.2 Å². The Balaban J connectivity index is 0.00000484. The number of hydrogen-bond acceptors (Lipinski definition) is 5. The molecule has 1 aliphatic rings. The number of rotatable bonds is 8. The molecule has 1 atom stereocenters. The van der Waals surface area contributed by atoms with E-state index in [0.29, 0.717) is 0 Å². The Labute approximate surface area is 273 Å². The van der Waals surface area contributed by atoms with Crippen molar-refractivity contribution in [1.29, 1.82) is 0 Å². The average molecular weight is 611 g/mol. The summed E-state index contributed by atoms with van der Waals surface area (Å²) in [4.78, 5) is 24.6. The third-order valence-corrected chi connectivity index (χ3v) is 6.51. The molecule has 0 saturated heterocycles. The number of amides is 2. The van der Waals surface area contributed by atoms with Gasteiger partial charge < -0.3 is 24.8 Å². The quantitative estimate of drug-likeness (QED) is 0.264. The van der Waals surface area contributed by atoms with Crippen LogP contribution in [0.1, 0.15) is 61.9 Å². The Hall–Kier alpha value is -2.95. The predicted octanol–water partition coefficient (Wildman–Crippen LogP) is 7.21. The summed E-state index contributed by atoms with van der Waals surface area (Å²) in [7, 11) is 0. The van der Waals surface area contributed by atoms with Crippen LogP contribution >= 0.6 is 0 Å². The zero-order valence-corrected chi connectivity index (χ0v) is 24.4. The summed E-state index contributed by atoms with van der Waals surface area (Å²) in [5, 5.41) is 5.07. The SMILES string of the molecule is C[C@@H](NC(=O)OCC1c2ccccc2-c2ccccc21)c1cccc(C(F)(F)F)c1OCCNC(=O)OC(C)(C)C.[Ar]. The fraction of sp³-hybridized carbons (Fsp3) is 0.355. The van der Waals surface area contributed by atoms with Gasteiger partial charge in [0, 0.05) is 49.2 Å². The summed E-state index contributed by atoms with van der Waals surface area (Å²) < 4.78 is 57.7. The standard InChI is InChI=1S/C31H33F3N2O5.Ar/c1-19(36-29(38)40-18-25-23-12-7-5-10-21(23)22-11-6-8-13-24(22)25)20-14-9-15-26(31(32,33)34)27(20)39-17-16-35-28(37)41-30(2,3)4;/h5-15,19,25H,16-18H2,1-4H3,(H,35,37)(H,36,38);/t19-;/m1./s1. The molecule has 0 spiro atoms. The first-order valence-corrected chi connectivity index (χ1v) is 13.3. The maximum atomic E-state index is 13.8. The molecule has 0 radical (unpaired) electrons. The van der Waals surface area contributed by atoms with Crippen LogP contribution in [-0.2, 0) is 15.7 Å². The molecule has 0 aliphatic heterocycles. The Kier molecular flexibility index (Phi) is 11.2. The van der Waals surface area contributed by atoms with Crippen molar-refractivity contribution < 1.29 is 74.7 Å². The second-order valence-corrected chi connectivity index (χ2v) is 10.7. The molecule has 3 aromatic carbocycles. The van der Waals surface area contributed by atoms with Crippen LogP contribution < -0.4 is 15.4 Å². The first-order valence-electron chi connectivity index (χ1n) is 13.3. The van der Waals surface area contributed by atoms with E-state index in [4.69, 9.17) is 14.2 Å². The summed E-state index contributed by atoms with van der Waals surface area (Å²) in [5.41, 5.74) is 2.65. The number of carbonyl (C=O) groups is 2. The van der Waals surface area contributed by atoms with Gasteiger partial charge in [-0.05, 0) is 56.0 Å². The molecule has 0 aromatic heterocycles. The molecule has 42 heavy (non-hydrogen) atoms. The molecule has 2 N–H and O–H groups in total. The molecule has 226 valence electrons. The monoisotopic (exact) mass is 610 g/mol. The van der Waals surface area contributed by atoms with Gasteiger partial charge in [-0.2, -0.15) is 13.2 Å². The molecule has 0 heterocycles. The van der Waals surface area contributed by atoms with E-state index in [1.807, 2.05) is 48.5 Å². The van der Waals surface area contributed by atoms with Gasteiger partial charge in [0.05, 0.1) is 18.2 Å². The van der Waals surface area contributed by atoms with Gasteiger partial charge in [-0.1, -0.05) is 60.7 Å². The first kappa shape index (κ1) is 33.6. The molecule has 1 aliphatic carbocycles. The Bertz CT molecular complexity index is 1360. The average Bonchev–Trinajstić information content (AvgIpc) is 3.22. The largest absolute Gasteiger partial charge is 0.491 e. The van der Waals surface area contributed by atoms with Crippen molar-refractivity contribution in [1.82, 2.24) is 10.6 Å². The van der Waals surface area contributed by atoms with Crippen molar-refractivity contribution in [2.75, 3.05) is 19.8 Å². The minimum atomic E-state index is -4.70. The molecule has 0 bridgehead atoms. The number of para-hydroxylation sites is 1. The summed E-state index contributed by atoms with van der Waals surface area (Å²) in [6.45, 7) is 6.35. The topological polar surface area (TPSA) is 85.9 Å². The molecule has 3 aromatic rings. The molecule has 0 saturated carbocycles. The van der Waals surface area contributed by atoms with Crippen molar-refractivity contribution in [3.63, 3.8) is 0 Å². The van der Waals surface area contributed by atoms with Gasteiger partial charge in [0.1, 0.15) is 24.6 Å². The molecular formula is C31H33ArF3N2O5. The van der Waals surface area contributed by atoms with Crippen molar-refractivity contribution in [2.45, 2.75) is 51.4 Å². The van der Waals surface area contributed by atoms with E-state index >= 15 is 0 Å². The Morgan fingerprint density at radius 1 is 0.881 bits per heavy atom. The maximum absolute atomic E-state index is 13.8. The minimum absolute atomic E-state index is 0. The molecule has 0 fully saturated rings. The van der Waals surface area contributed by atoms with Crippen molar-refractivity contribution in [2.24, 2.45) is 0 Å². The zero-order chi connectivity index (χ0) is 29.8. The third-order valence-electron chi connectivity index (χ3n) is 6.51. The molecular weight excluding hydrogens is 577 g/mol.